The van der Waals surface area contributed by atoms with Crippen LogP contribution in [0.4, 0.5) is 5.69 Å². The van der Waals surface area contributed by atoms with E-state index in [0.717, 1.165) is 5.69 Å². The van der Waals surface area contributed by atoms with E-state index in [4.69, 9.17) is 5.11 Å². The molecule has 1 amide bonds. The van der Waals surface area contributed by atoms with Crippen LogP contribution in [0.1, 0.15) is 20.8 Å². The number of nitrogens with zero attached hydrogens (tertiary/aromatic N) is 1. The topological polar surface area (TPSA) is 69.6 Å². The smallest absolute Gasteiger partial charge is 0.320 e. The minimum absolute atomic E-state index is 0.000537. The molecule has 0 bridgehead atoms. The van der Waals surface area contributed by atoms with Gasteiger partial charge in [-0.15, -0.1) is 0 Å². The average Bonchev–Trinajstić information content (AvgIpc) is 2.36. The van der Waals surface area contributed by atoms with Gasteiger partial charge in [0.2, 0.25) is 5.91 Å². The van der Waals surface area contributed by atoms with E-state index in [2.05, 4.69) is 5.32 Å². The van der Waals surface area contributed by atoms with Crippen LogP contribution in [-0.4, -0.2) is 35.6 Å². The zero-order valence-corrected chi connectivity index (χ0v) is 11.5. The quantitative estimate of drug-likeness (QED) is 0.816. The van der Waals surface area contributed by atoms with E-state index in [1.807, 2.05) is 44.2 Å². The number of nitrogens with one attached hydrogen (secondary N) is 1. The van der Waals surface area contributed by atoms with Crippen molar-refractivity contribution in [2.24, 2.45) is 0 Å². The molecule has 1 aromatic carbocycles. The highest BCUT2D eigenvalue weighted by atomic mass is 16.4. The lowest BCUT2D eigenvalue weighted by atomic mass is 10.2. The van der Waals surface area contributed by atoms with Gasteiger partial charge in [0, 0.05) is 11.7 Å². The molecule has 0 fully saturated rings. The normalized spacial score (nSPS) is 12.2. The summed E-state index contributed by atoms with van der Waals surface area (Å²) >= 11 is 0. The number of carboxylic acid groups (broad SMARTS) is 1. The second-order valence-electron chi connectivity index (χ2n) is 4.63. The third kappa shape index (κ3) is 4.37. The third-order valence-corrected chi connectivity index (χ3v) is 2.75. The highest BCUT2D eigenvalue weighted by Gasteiger charge is 2.20. The molecule has 2 N–H and O–H groups in total. The number of hydrogen-bond donors (Lipinski definition) is 2. The van der Waals surface area contributed by atoms with Crippen molar-refractivity contribution < 1.29 is 14.7 Å². The van der Waals surface area contributed by atoms with Gasteiger partial charge in [-0.3, -0.25) is 14.9 Å². The second-order valence-corrected chi connectivity index (χ2v) is 4.63. The van der Waals surface area contributed by atoms with Crippen molar-refractivity contribution in [3.63, 3.8) is 0 Å². The van der Waals surface area contributed by atoms with Gasteiger partial charge >= 0.3 is 5.97 Å². The molecule has 0 aromatic heterocycles. The molecule has 0 heterocycles. The molecule has 19 heavy (non-hydrogen) atoms. The largest absolute Gasteiger partial charge is 0.480 e. The van der Waals surface area contributed by atoms with Crippen LogP contribution in [0, 0.1) is 0 Å². The molecule has 5 heteroatoms. The predicted octanol–water partition coefficient (Wildman–Crippen LogP) is 1.49. The number of hydrogen-bond acceptors (Lipinski definition) is 3. The molecule has 0 aliphatic carbocycles. The van der Waals surface area contributed by atoms with Crippen LogP contribution in [0.15, 0.2) is 30.3 Å². The lowest BCUT2D eigenvalue weighted by Gasteiger charge is -2.27. The predicted molar refractivity (Wildman–Crippen MR) is 74.2 cm³/mol. The lowest BCUT2D eigenvalue weighted by Crippen LogP contribution is -2.46. The van der Waals surface area contributed by atoms with Gasteiger partial charge in [0.05, 0.1) is 6.54 Å². The Balaban J connectivity index is 2.73. The summed E-state index contributed by atoms with van der Waals surface area (Å²) in [6.45, 7) is 5.36. The molecule has 0 spiro atoms. The molecule has 1 aromatic rings. The van der Waals surface area contributed by atoms with Crippen LogP contribution >= 0.6 is 0 Å². The third-order valence-electron chi connectivity index (χ3n) is 2.75. The molecule has 1 atom stereocenters. The highest BCUT2D eigenvalue weighted by molar-refractivity contribution is 5.95. The Bertz CT molecular complexity index is 432. The van der Waals surface area contributed by atoms with E-state index in [1.54, 1.807) is 4.90 Å². The number of aliphatic carboxylic acids is 1. The lowest BCUT2D eigenvalue weighted by molar-refractivity contribution is -0.139. The first-order valence-corrected chi connectivity index (χ1v) is 6.26. The first-order chi connectivity index (χ1) is 8.93. The Hall–Kier alpha value is -1.88. The fourth-order valence-corrected chi connectivity index (χ4v) is 1.73. The van der Waals surface area contributed by atoms with Crippen molar-refractivity contribution in [1.29, 1.82) is 0 Å². The van der Waals surface area contributed by atoms with Crippen LogP contribution in [0.3, 0.4) is 0 Å². The van der Waals surface area contributed by atoms with Crippen molar-refractivity contribution in [1.82, 2.24) is 5.32 Å². The van der Waals surface area contributed by atoms with Crippen LogP contribution in [-0.2, 0) is 9.59 Å². The molecule has 5 nitrogen and oxygen atoms in total. The highest BCUT2D eigenvalue weighted by Crippen LogP contribution is 2.16. The van der Waals surface area contributed by atoms with Gasteiger partial charge in [-0.2, -0.15) is 0 Å². The van der Waals surface area contributed by atoms with E-state index < -0.39 is 12.0 Å². The minimum Gasteiger partial charge on any atom is -0.480 e. The van der Waals surface area contributed by atoms with E-state index in [0.29, 0.717) is 0 Å². The standard InChI is InChI=1S/C14H20N2O3/c1-10(2)16(12-7-5-4-6-8-12)13(17)9-15-11(3)14(18)19/h4-8,10-11,15H,9H2,1-3H3,(H,18,19). The molecule has 0 aliphatic heterocycles. The van der Waals surface area contributed by atoms with Crippen LogP contribution in [0.25, 0.3) is 0 Å². The summed E-state index contributed by atoms with van der Waals surface area (Å²) in [5.74, 6) is -1.11. The molecule has 104 valence electrons. The van der Waals surface area contributed by atoms with E-state index in [-0.39, 0.29) is 18.5 Å². The summed E-state index contributed by atoms with van der Waals surface area (Å²) in [5.41, 5.74) is 0.812. The number of amides is 1. The maximum Gasteiger partial charge on any atom is 0.320 e. The molecule has 0 saturated heterocycles. The van der Waals surface area contributed by atoms with Gasteiger partial charge in [0.1, 0.15) is 6.04 Å². The monoisotopic (exact) mass is 264 g/mol. The molecule has 0 saturated carbocycles. The Kier molecular flexibility index (Phi) is 5.51. The van der Waals surface area contributed by atoms with Gasteiger partial charge in [-0.25, -0.2) is 0 Å². The molecule has 0 aliphatic rings. The average molecular weight is 264 g/mol. The van der Waals surface area contributed by atoms with Gasteiger partial charge in [-0.1, -0.05) is 18.2 Å². The van der Waals surface area contributed by atoms with Crippen molar-refractivity contribution in [2.45, 2.75) is 32.9 Å². The summed E-state index contributed by atoms with van der Waals surface area (Å²) in [5, 5.41) is 11.5. The number of carbonyl (C=O) groups excluding carboxylic acids is 1. The molecule has 1 rings (SSSR count). The summed E-state index contributed by atoms with van der Waals surface area (Å²) in [7, 11) is 0. The van der Waals surface area contributed by atoms with E-state index >= 15 is 0 Å². The number of anilines is 1. The van der Waals surface area contributed by atoms with Crippen molar-refractivity contribution in [2.75, 3.05) is 11.4 Å². The number of rotatable bonds is 6. The SMILES string of the molecule is CC(NCC(=O)N(c1ccccc1)C(C)C)C(=O)O. The summed E-state index contributed by atoms with van der Waals surface area (Å²) in [6, 6.07) is 8.61. The zero-order valence-electron chi connectivity index (χ0n) is 11.5. The fourth-order valence-electron chi connectivity index (χ4n) is 1.73. The number of carbonyl (C=O) groups is 2. The Labute approximate surface area is 113 Å². The van der Waals surface area contributed by atoms with Gasteiger partial charge in [0.25, 0.3) is 0 Å². The van der Waals surface area contributed by atoms with Crippen molar-refractivity contribution in [3.05, 3.63) is 30.3 Å². The van der Waals surface area contributed by atoms with Crippen molar-refractivity contribution in [3.8, 4) is 0 Å². The first-order valence-electron chi connectivity index (χ1n) is 6.26. The number of para-hydroxylation sites is 1. The summed E-state index contributed by atoms with van der Waals surface area (Å²) in [6.07, 6.45) is 0. The van der Waals surface area contributed by atoms with Crippen LogP contribution in [0.2, 0.25) is 0 Å². The molecular weight excluding hydrogens is 244 g/mol. The van der Waals surface area contributed by atoms with Crippen molar-refractivity contribution >= 4 is 17.6 Å². The minimum atomic E-state index is -0.969. The first kappa shape index (κ1) is 15.2. The van der Waals surface area contributed by atoms with E-state index in [9.17, 15) is 9.59 Å². The molecule has 0 radical (unpaired) electrons. The Morgan fingerprint density at radius 1 is 1.21 bits per heavy atom. The number of carboxylic acids is 1. The van der Waals surface area contributed by atoms with E-state index in [1.165, 1.54) is 6.92 Å². The van der Waals surface area contributed by atoms with Gasteiger partial charge in [0.15, 0.2) is 0 Å². The fraction of sp³-hybridized carbons (Fsp3) is 0.429. The zero-order chi connectivity index (χ0) is 14.4. The second kappa shape index (κ2) is 6.89. The maximum atomic E-state index is 12.2. The molecule has 1 unspecified atom stereocenters. The summed E-state index contributed by atoms with van der Waals surface area (Å²) in [4.78, 5) is 24.5. The maximum absolute atomic E-state index is 12.2. The van der Waals surface area contributed by atoms with Gasteiger partial charge < -0.3 is 10.0 Å². The summed E-state index contributed by atoms with van der Waals surface area (Å²) < 4.78 is 0. The number of benzene rings is 1. The van der Waals surface area contributed by atoms with Crippen LogP contribution < -0.4 is 10.2 Å². The van der Waals surface area contributed by atoms with Gasteiger partial charge in [-0.05, 0) is 32.9 Å². The molecular formula is C14H20N2O3. The Morgan fingerprint density at radius 3 is 2.26 bits per heavy atom. The Morgan fingerprint density at radius 2 is 1.79 bits per heavy atom. The van der Waals surface area contributed by atoms with Crippen LogP contribution in [0.5, 0.6) is 0 Å².